The summed E-state index contributed by atoms with van der Waals surface area (Å²) in [6.07, 6.45) is 0. The molecule has 0 aromatic heterocycles. The molecule has 220 valence electrons. The number of fused-ring (bicyclic) bond motifs is 2. The van der Waals surface area contributed by atoms with Crippen molar-refractivity contribution in [3.63, 3.8) is 0 Å². The number of nitrogens with zero attached hydrogens (tertiary/aromatic N) is 1. The lowest BCUT2D eigenvalue weighted by molar-refractivity contribution is -0.146. The van der Waals surface area contributed by atoms with E-state index in [1.165, 1.54) is 0 Å². The molecule has 0 saturated carbocycles. The van der Waals surface area contributed by atoms with Crippen LogP contribution in [0.4, 0.5) is 4.79 Å². The van der Waals surface area contributed by atoms with Crippen molar-refractivity contribution in [2.45, 2.75) is 31.1 Å². The molecule has 6 rings (SSSR count). The van der Waals surface area contributed by atoms with Gasteiger partial charge in [0.2, 0.25) is 0 Å². The van der Waals surface area contributed by atoms with Gasteiger partial charge >= 0.3 is 6.03 Å². The lowest BCUT2D eigenvalue weighted by atomic mass is 9.63. The first-order valence-electron chi connectivity index (χ1n) is 14.2. The minimum atomic E-state index is -0.744. The lowest BCUT2D eigenvalue weighted by Crippen LogP contribution is -2.63. The van der Waals surface area contributed by atoms with E-state index in [2.05, 4.69) is 10.6 Å². The Morgan fingerprint density at radius 3 is 1.35 bits per heavy atom. The van der Waals surface area contributed by atoms with Gasteiger partial charge in [0.15, 0.2) is 0 Å². The standard InChI is InChI=1S/C34H29Cl4N3O2/c1-2-39-34(43)41-31(21-13-5-9-17-25(21)37)27-29(19-11-3-7-15-23(19)35)40-30(20-12-4-8-16-24(20)36)28(33(27)42)32(41)22-14-6-10-18-26(22)38/h3-18,27-32,40H,2H2,1H3,(H,39,43). The molecular weight excluding hydrogens is 624 g/mol. The Morgan fingerprint density at radius 1 is 0.651 bits per heavy atom. The molecule has 6 atom stereocenters. The number of carbonyl (C=O) groups is 2. The molecule has 0 radical (unpaired) electrons. The Hall–Kier alpha value is -3.06. The van der Waals surface area contributed by atoms with E-state index in [1.54, 1.807) is 29.2 Å². The summed E-state index contributed by atoms with van der Waals surface area (Å²) in [4.78, 5) is 31.2. The van der Waals surface area contributed by atoms with Crippen molar-refractivity contribution >= 4 is 58.2 Å². The Balaban J connectivity index is 1.68. The van der Waals surface area contributed by atoms with E-state index < -0.39 is 36.0 Å². The largest absolute Gasteiger partial charge is 0.338 e. The topological polar surface area (TPSA) is 61.4 Å². The number of Topliss-reactive ketones (excluding diaryl/α,β-unsaturated/α-hetero) is 1. The molecule has 2 bridgehead atoms. The van der Waals surface area contributed by atoms with Crippen LogP contribution >= 0.6 is 46.4 Å². The first-order valence-corrected chi connectivity index (χ1v) is 15.7. The van der Waals surface area contributed by atoms with Gasteiger partial charge in [0.25, 0.3) is 0 Å². The van der Waals surface area contributed by atoms with Crippen LogP contribution < -0.4 is 10.6 Å². The number of rotatable bonds is 5. The quantitative estimate of drug-likeness (QED) is 0.226. The number of hydrogen-bond donors (Lipinski definition) is 2. The van der Waals surface area contributed by atoms with E-state index in [0.717, 1.165) is 11.1 Å². The summed E-state index contributed by atoms with van der Waals surface area (Å²) in [6, 6.07) is 26.7. The fourth-order valence-corrected chi connectivity index (χ4v) is 7.78. The van der Waals surface area contributed by atoms with E-state index in [9.17, 15) is 4.79 Å². The summed E-state index contributed by atoms with van der Waals surface area (Å²) in [5.74, 6) is -1.49. The molecule has 2 saturated heterocycles. The first kappa shape index (κ1) is 30.0. The first-order chi connectivity index (χ1) is 20.8. The molecule has 2 fully saturated rings. The van der Waals surface area contributed by atoms with Crippen LogP contribution in [0.5, 0.6) is 0 Å². The number of likely N-dealkylation sites (tertiary alicyclic amines) is 1. The Labute approximate surface area is 271 Å². The number of amides is 2. The average Bonchev–Trinajstić information content (AvgIpc) is 2.99. The Kier molecular flexibility index (Phi) is 8.72. The fourth-order valence-electron chi connectivity index (χ4n) is 6.78. The number of ketones is 1. The van der Waals surface area contributed by atoms with Gasteiger partial charge in [-0.2, -0.15) is 0 Å². The second-order valence-electron chi connectivity index (χ2n) is 10.8. The molecule has 6 unspecified atom stereocenters. The van der Waals surface area contributed by atoms with Gasteiger partial charge in [0.05, 0.1) is 23.9 Å². The van der Waals surface area contributed by atoms with Crippen LogP contribution in [0, 0.1) is 11.8 Å². The SMILES string of the molecule is CCNC(=O)N1C(c2ccccc2Cl)C2C(=O)C(C(c3ccccc3Cl)NC2c2ccccc2Cl)C1c1ccccc1Cl. The summed E-state index contributed by atoms with van der Waals surface area (Å²) in [7, 11) is 0. The average molecular weight is 653 g/mol. The van der Waals surface area contributed by atoms with Crippen LogP contribution in [0.3, 0.4) is 0 Å². The van der Waals surface area contributed by atoms with Crippen molar-refractivity contribution in [1.82, 2.24) is 15.5 Å². The van der Waals surface area contributed by atoms with Crippen LogP contribution in [0.15, 0.2) is 97.1 Å². The zero-order valence-corrected chi connectivity index (χ0v) is 26.2. The van der Waals surface area contributed by atoms with Gasteiger partial charge in [-0.25, -0.2) is 4.79 Å². The van der Waals surface area contributed by atoms with Crippen molar-refractivity contribution in [2.75, 3.05) is 6.54 Å². The normalized spacial score (nSPS) is 25.0. The van der Waals surface area contributed by atoms with E-state index >= 15 is 4.79 Å². The third-order valence-corrected chi connectivity index (χ3v) is 9.88. The molecule has 2 aliphatic heterocycles. The molecule has 2 amide bonds. The van der Waals surface area contributed by atoms with Gasteiger partial charge in [-0.05, 0) is 53.4 Å². The van der Waals surface area contributed by atoms with Crippen molar-refractivity contribution in [3.8, 4) is 0 Å². The van der Waals surface area contributed by atoms with Crippen LogP contribution in [-0.4, -0.2) is 23.3 Å². The fraction of sp³-hybridized carbons (Fsp3) is 0.235. The molecular formula is C34H29Cl4N3O2. The highest BCUT2D eigenvalue weighted by Gasteiger charge is 2.60. The highest BCUT2D eigenvalue weighted by Crippen LogP contribution is 2.58. The minimum Gasteiger partial charge on any atom is -0.338 e. The number of urea groups is 1. The third-order valence-electron chi connectivity index (χ3n) is 8.50. The van der Waals surface area contributed by atoms with Gasteiger partial charge in [0.1, 0.15) is 5.78 Å². The molecule has 2 aliphatic rings. The highest BCUT2D eigenvalue weighted by molar-refractivity contribution is 6.32. The van der Waals surface area contributed by atoms with Gasteiger partial charge in [0, 0.05) is 38.7 Å². The Morgan fingerprint density at radius 2 is 1.00 bits per heavy atom. The zero-order valence-electron chi connectivity index (χ0n) is 23.2. The van der Waals surface area contributed by atoms with Crippen molar-refractivity contribution in [1.29, 1.82) is 0 Å². The summed E-state index contributed by atoms with van der Waals surface area (Å²) in [5, 5.41) is 8.74. The predicted molar refractivity (Wildman–Crippen MR) is 173 cm³/mol. The minimum absolute atomic E-state index is 0.0241. The third kappa shape index (κ3) is 5.32. The number of carbonyl (C=O) groups excluding carboxylic acids is 2. The summed E-state index contributed by atoms with van der Waals surface area (Å²) in [6.45, 7) is 2.26. The molecule has 43 heavy (non-hydrogen) atoms. The van der Waals surface area contributed by atoms with Crippen LogP contribution in [0.25, 0.3) is 0 Å². The van der Waals surface area contributed by atoms with E-state index in [1.807, 2.05) is 79.7 Å². The molecule has 5 nitrogen and oxygen atoms in total. The number of halogens is 4. The maximum absolute atomic E-state index is 15.1. The zero-order chi connectivity index (χ0) is 30.2. The monoisotopic (exact) mass is 651 g/mol. The molecule has 4 aromatic carbocycles. The molecule has 9 heteroatoms. The summed E-state index contributed by atoms with van der Waals surface area (Å²) < 4.78 is 0. The van der Waals surface area contributed by atoms with Crippen LogP contribution in [0.1, 0.15) is 53.3 Å². The maximum atomic E-state index is 15.1. The van der Waals surface area contributed by atoms with E-state index in [0.29, 0.717) is 37.8 Å². The van der Waals surface area contributed by atoms with Crippen molar-refractivity contribution in [3.05, 3.63) is 139 Å². The lowest BCUT2D eigenvalue weighted by Gasteiger charge is -2.57. The Bertz CT molecular complexity index is 1570. The summed E-state index contributed by atoms with van der Waals surface area (Å²) >= 11 is 27.4. The molecule has 4 aromatic rings. The maximum Gasteiger partial charge on any atom is 0.318 e. The van der Waals surface area contributed by atoms with Gasteiger partial charge in [-0.15, -0.1) is 0 Å². The van der Waals surface area contributed by atoms with Crippen molar-refractivity contribution in [2.24, 2.45) is 11.8 Å². The predicted octanol–water partition coefficient (Wildman–Crippen LogP) is 9.01. The molecule has 0 aliphatic carbocycles. The molecule has 2 heterocycles. The van der Waals surface area contributed by atoms with Crippen LogP contribution in [0.2, 0.25) is 20.1 Å². The second-order valence-corrected chi connectivity index (χ2v) is 12.4. The van der Waals surface area contributed by atoms with Crippen molar-refractivity contribution < 1.29 is 9.59 Å². The molecule has 2 N–H and O–H groups in total. The number of nitrogens with one attached hydrogen (secondary N) is 2. The number of piperidine rings is 2. The van der Waals surface area contributed by atoms with Gasteiger partial charge in [-0.3, -0.25) is 4.79 Å². The highest BCUT2D eigenvalue weighted by atomic mass is 35.5. The number of hydrogen-bond acceptors (Lipinski definition) is 3. The second kappa shape index (κ2) is 12.5. The van der Waals surface area contributed by atoms with Crippen LogP contribution in [-0.2, 0) is 4.79 Å². The van der Waals surface area contributed by atoms with E-state index in [-0.39, 0.29) is 11.8 Å². The molecule has 0 spiro atoms. The number of benzene rings is 4. The van der Waals surface area contributed by atoms with E-state index in [4.69, 9.17) is 46.4 Å². The van der Waals surface area contributed by atoms with Gasteiger partial charge < -0.3 is 15.5 Å². The summed E-state index contributed by atoms with van der Waals surface area (Å²) in [5.41, 5.74) is 2.84. The smallest absolute Gasteiger partial charge is 0.318 e. The van der Waals surface area contributed by atoms with Gasteiger partial charge in [-0.1, -0.05) is 119 Å².